The highest BCUT2D eigenvalue weighted by atomic mass is 15.0. The number of para-hydroxylation sites is 9. The predicted molar refractivity (Wildman–Crippen MR) is 411 cm³/mol. The molecular formula is C91H57N7. The fourth-order valence-electron chi connectivity index (χ4n) is 16.4. The van der Waals surface area contributed by atoms with Gasteiger partial charge in [-0.1, -0.05) is 188 Å². The first-order valence-electron chi connectivity index (χ1n) is 33.6. The van der Waals surface area contributed by atoms with Gasteiger partial charge in [0.05, 0.1) is 77.6 Å². The molecule has 456 valence electrons. The summed E-state index contributed by atoms with van der Waals surface area (Å²) in [6.45, 7) is 0. The van der Waals surface area contributed by atoms with Crippen LogP contribution in [0.1, 0.15) is 11.1 Å². The minimum absolute atomic E-state index is 0.886. The van der Waals surface area contributed by atoms with E-state index in [0.29, 0.717) is 0 Å². The van der Waals surface area contributed by atoms with E-state index in [9.17, 15) is 0 Å². The first kappa shape index (κ1) is 54.2. The number of hydrogen-bond acceptors (Lipinski definition) is 1. The van der Waals surface area contributed by atoms with Crippen molar-refractivity contribution in [2.24, 2.45) is 4.99 Å². The molecule has 0 radical (unpaired) electrons. The monoisotopic (exact) mass is 1250 g/mol. The van der Waals surface area contributed by atoms with Crippen molar-refractivity contribution in [3.8, 4) is 34.1 Å². The van der Waals surface area contributed by atoms with Crippen LogP contribution in [0.25, 0.3) is 165 Å². The van der Waals surface area contributed by atoms with E-state index in [2.05, 4.69) is 373 Å². The van der Waals surface area contributed by atoms with Gasteiger partial charge in [0.2, 0.25) is 0 Å². The van der Waals surface area contributed by atoms with Crippen molar-refractivity contribution < 1.29 is 0 Å². The highest BCUT2D eigenvalue weighted by Crippen LogP contribution is 2.43. The normalized spacial score (nSPS) is 12.1. The van der Waals surface area contributed by atoms with Crippen LogP contribution in [0.3, 0.4) is 0 Å². The standard InChI is InChI=1S/C91H57N7/c1-2-20-60(21-3-1)92-91(58-38-42-61(43-39-58)93-87-50-46-63(95-79-30-12-4-22-67(79)68-23-5-13-31-80(68)95)54-75(87)76-55-64(47-51-88(76)93)96-81-32-14-6-24-69(81)70-25-7-15-33-82(70)96)59-40-44-62(45-41-59)94-89-52-48-65(97-83-34-16-8-26-71(83)72-27-9-17-35-84(72)97)56-77(89)78-57-66(49-53-90(78)94)98-85-36-18-10-28-73(85)74-29-11-19-37-86(74)98/h1-57H. The minimum Gasteiger partial charge on any atom is -0.309 e. The van der Waals surface area contributed by atoms with E-state index < -0.39 is 0 Å². The zero-order valence-corrected chi connectivity index (χ0v) is 53.0. The Bertz CT molecular complexity index is 5950. The third kappa shape index (κ3) is 8.02. The Hall–Kier alpha value is -13.2. The van der Waals surface area contributed by atoms with Crippen LogP contribution in [0.4, 0.5) is 5.69 Å². The molecular weight excluding hydrogens is 1190 g/mol. The molecule has 0 spiro atoms. The zero-order valence-electron chi connectivity index (χ0n) is 53.0. The lowest BCUT2D eigenvalue weighted by molar-refractivity contribution is 1.16. The number of aromatic nitrogens is 6. The van der Waals surface area contributed by atoms with E-state index >= 15 is 0 Å². The molecule has 0 saturated carbocycles. The lowest BCUT2D eigenvalue weighted by Gasteiger charge is -2.14. The minimum atomic E-state index is 0.886. The topological polar surface area (TPSA) is 41.9 Å². The van der Waals surface area contributed by atoms with Crippen LogP contribution in [0.5, 0.6) is 0 Å². The summed E-state index contributed by atoms with van der Waals surface area (Å²) in [6, 6.07) is 127. The molecule has 0 atom stereocenters. The van der Waals surface area contributed by atoms with Gasteiger partial charge in [0.25, 0.3) is 0 Å². The second-order valence-electron chi connectivity index (χ2n) is 25.8. The Morgan fingerprint density at radius 2 is 0.357 bits per heavy atom. The molecule has 0 aliphatic heterocycles. The first-order valence-corrected chi connectivity index (χ1v) is 33.6. The summed E-state index contributed by atoms with van der Waals surface area (Å²) in [5, 5.41) is 14.6. The average molecular weight is 1250 g/mol. The molecule has 0 aliphatic rings. The fourth-order valence-corrected chi connectivity index (χ4v) is 16.4. The van der Waals surface area contributed by atoms with Gasteiger partial charge in [0.15, 0.2) is 0 Å². The Morgan fingerprint density at radius 1 is 0.163 bits per heavy atom. The molecule has 21 aromatic rings. The third-order valence-electron chi connectivity index (χ3n) is 20.6. The maximum absolute atomic E-state index is 5.49. The molecule has 0 aliphatic carbocycles. The van der Waals surface area contributed by atoms with Crippen molar-refractivity contribution in [1.82, 2.24) is 27.4 Å². The zero-order chi connectivity index (χ0) is 64.1. The number of nitrogens with zero attached hydrogens (tertiary/aromatic N) is 7. The van der Waals surface area contributed by atoms with E-state index in [1.807, 2.05) is 0 Å². The number of benzene rings is 15. The van der Waals surface area contributed by atoms with Crippen molar-refractivity contribution >= 4 is 142 Å². The summed E-state index contributed by atoms with van der Waals surface area (Å²) in [4.78, 5) is 5.49. The number of aliphatic imine (C=N–C) groups is 1. The SMILES string of the molecule is c1ccc(N=C(c2ccc(-n3c4ccc(-n5c6ccccc6c6ccccc65)cc4c4cc(-n5c6ccccc6c6ccccc65)ccc43)cc2)c2ccc(-n3c4ccc(-n5c6ccccc6c6ccccc65)cc4c4cc(-n5c6ccccc6c6ccccc65)ccc43)cc2)cc1. The molecule has 7 heteroatoms. The number of hydrogen-bond donors (Lipinski definition) is 0. The Kier molecular flexibility index (Phi) is 11.7. The van der Waals surface area contributed by atoms with Crippen molar-refractivity contribution in [3.05, 3.63) is 357 Å². The molecule has 0 N–H and O–H groups in total. The molecule has 0 bridgehead atoms. The second kappa shape index (κ2) is 21.1. The van der Waals surface area contributed by atoms with Gasteiger partial charge in [0, 0.05) is 110 Å². The van der Waals surface area contributed by atoms with Crippen LogP contribution in [0, 0.1) is 0 Å². The van der Waals surface area contributed by atoms with Gasteiger partial charge in [-0.25, -0.2) is 4.99 Å². The molecule has 7 nitrogen and oxygen atoms in total. The lowest BCUT2D eigenvalue weighted by Crippen LogP contribution is -2.05. The molecule has 0 saturated heterocycles. The van der Waals surface area contributed by atoms with Crippen molar-refractivity contribution in [3.63, 3.8) is 0 Å². The van der Waals surface area contributed by atoms with Gasteiger partial charge >= 0.3 is 0 Å². The first-order chi connectivity index (χ1) is 48.6. The van der Waals surface area contributed by atoms with E-state index in [1.165, 1.54) is 109 Å². The molecule has 98 heavy (non-hydrogen) atoms. The summed E-state index contributed by atoms with van der Waals surface area (Å²) >= 11 is 0. The van der Waals surface area contributed by atoms with E-state index in [0.717, 1.165) is 78.7 Å². The van der Waals surface area contributed by atoms with Crippen LogP contribution < -0.4 is 0 Å². The average Bonchev–Trinajstić information content (AvgIpc) is 1.57. The van der Waals surface area contributed by atoms with Gasteiger partial charge in [-0.3, -0.25) is 0 Å². The Morgan fingerprint density at radius 3 is 0.602 bits per heavy atom. The summed E-state index contributed by atoms with van der Waals surface area (Å²) in [6.07, 6.45) is 0. The second-order valence-corrected chi connectivity index (χ2v) is 25.8. The smallest absolute Gasteiger partial charge is 0.0781 e. The van der Waals surface area contributed by atoms with Crippen LogP contribution in [0.15, 0.2) is 351 Å². The highest BCUT2D eigenvalue weighted by molar-refractivity contribution is 6.18. The molecule has 6 aromatic heterocycles. The third-order valence-corrected chi connectivity index (χ3v) is 20.6. The molecule has 0 unspecified atom stereocenters. The van der Waals surface area contributed by atoms with Crippen LogP contribution >= 0.6 is 0 Å². The summed E-state index contributed by atoms with van der Waals surface area (Å²) in [7, 11) is 0. The Balaban J connectivity index is 0.711. The van der Waals surface area contributed by atoms with Gasteiger partial charge < -0.3 is 27.4 Å². The van der Waals surface area contributed by atoms with Gasteiger partial charge in [-0.05, 0) is 158 Å². The summed E-state index contributed by atoms with van der Waals surface area (Å²) in [5.74, 6) is 0. The van der Waals surface area contributed by atoms with E-state index in [-0.39, 0.29) is 0 Å². The summed E-state index contributed by atoms with van der Waals surface area (Å²) < 4.78 is 14.6. The molecule has 21 rings (SSSR count). The van der Waals surface area contributed by atoms with E-state index in [1.54, 1.807) is 0 Å². The van der Waals surface area contributed by atoms with E-state index in [4.69, 9.17) is 4.99 Å². The van der Waals surface area contributed by atoms with Crippen molar-refractivity contribution in [2.75, 3.05) is 0 Å². The molecule has 15 aromatic carbocycles. The van der Waals surface area contributed by atoms with Gasteiger partial charge in [-0.2, -0.15) is 0 Å². The lowest BCUT2D eigenvalue weighted by atomic mass is 10.0. The number of fused-ring (bicyclic) bond motifs is 18. The highest BCUT2D eigenvalue weighted by Gasteiger charge is 2.23. The van der Waals surface area contributed by atoms with Crippen LogP contribution in [-0.2, 0) is 0 Å². The number of rotatable bonds is 9. The van der Waals surface area contributed by atoms with Crippen molar-refractivity contribution in [2.45, 2.75) is 0 Å². The van der Waals surface area contributed by atoms with Gasteiger partial charge in [-0.15, -0.1) is 0 Å². The Labute approximate surface area is 562 Å². The quantitative estimate of drug-likeness (QED) is 0.129. The molecule has 0 fully saturated rings. The predicted octanol–water partition coefficient (Wildman–Crippen LogP) is 23.4. The summed E-state index contributed by atoms with van der Waals surface area (Å²) in [5.41, 5.74) is 24.4. The van der Waals surface area contributed by atoms with Gasteiger partial charge in [0.1, 0.15) is 0 Å². The molecule has 6 heterocycles. The van der Waals surface area contributed by atoms with Crippen molar-refractivity contribution in [1.29, 1.82) is 0 Å². The maximum atomic E-state index is 5.49. The maximum Gasteiger partial charge on any atom is 0.0781 e. The fraction of sp³-hybridized carbons (Fsp3) is 0. The largest absolute Gasteiger partial charge is 0.309 e. The van der Waals surface area contributed by atoms with Crippen LogP contribution in [-0.4, -0.2) is 33.1 Å². The van der Waals surface area contributed by atoms with Crippen LogP contribution in [0.2, 0.25) is 0 Å². The molecule has 0 amide bonds.